The first-order valence-corrected chi connectivity index (χ1v) is 9.76. The van der Waals surface area contributed by atoms with Crippen LogP contribution in [0.15, 0.2) is 85.2 Å². The molecule has 5 heteroatoms. The summed E-state index contributed by atoms with van der Waals surface area (Å²) in [7, 11) is 1.65. The summed E-state index contributed by atoms with van der Waals surface area (Å²) >= 11 is 0. The zero-order valence-electron chi connectivity index (χ0n) is 17.0. The molecular weight excluding hydrogens is 374 g/mol. The van der Waals surface area contributed by atoms with E-state index in [1.54, 1.807) is 19.5 Å². The molecule has 4 aromatic rings. The molecule has 0 aliphatic carbocycles. The Labute approximate surface area is 176 Å². The highest BCUT2D eigenvalue weighted by Crippen LogP contribution is 2.30. The number of hydrogen-bond acceptors (Lipinski definition) is 3. The van der Waals surface area contributed by atoms with Crippen LogP contribution >= 0.6 is 0 Å². The summed E-state index contributed by atoms with van der Waals surface area (Å²) in [4.78, 5) is 17.0. The number of hydrogen-bond donors (Lipinski definition) is 1. The van der Waals surface area contributed by atoms with Gasteiger partial charge in [0.25, 0.3) is 5.91 Å². The van der Waals surface area contributed by atoms with Gasteiger partial charge in [-0.2, -0.15) is 0 Å². The van der Waals surface area contributed by atoms with E-state index >= 15 is 0 Å². The highest BCUT2D eigenvalue weighted by atomic mass is 16.5. The van der Waals surface area contributed by atoms with Gasteiger partial charge in [0.2, 0.25) is 0 Å². The maximum absolute atomic E-state index is 13.0. The maximum atomic E-state index is 13.0. The fourth-order valence-corrected chi connectivity index (χ4v) is 3.50. The zero-order chi connectivity index (χ0) is 20.9. The average molecular weight is 397 g/mol. The molecule has 150 valence electrons. The second-order valence-electron chi connectivity index (χ2n) is 6.97. The van der Waals surface area contributed by atoms with Crippen molar-refractivity contribution >= 4 is 5.91 Å². The first-order valence-electron chi connectivity index (χ1n) is 9.76. The number of carbonyl (C=O) groups is 1. The molecule has 0 aliphatic heterocycles. The summed E-state index contributed by atoms with van der Waals surface area (Å²) in [6.45, 7) is 2.43. The van der Waals surface area contributed by atoms with Crippen LogP contribution < -0.4 is 10.1 Å². The van der Waals surface area contributed by atoms with Gasteiger partial charge in [-0.05, 0) is 72.6 Å². The second kappa shape index (κ2) is 8.66. The second-order valence-corrected chi connectivity index (χ2v) is 6.97. The standard InChI is InChI=1S/C25H23N3O2/c1-18-23(25(29)27-17-19-12-14-26-15-13-19)16-24(20-8-10-22(30-2)11-9-20)28(18)21-6-4-3-5-7-21/h3-16H,17H2,1-2H3,(H,27,29). The van der Waals surface area contributed by atoms with Gasteiger partial charge in [-0.3, -0.25) is 9.78 Å². The normalized spacial score (nSPS) is 10.6. The number of carbonyl (C=O) groups excluding carboxylic acids is 1. The molecule has 1 N–H and O–H groups in total. The number of benzene rings is 2. The van der Waals surface area contributed by atoms with E-state index in [9.17, 15) is 4.79 Å². The van der Waals surface area contributed by atoms with Crippen molar-refractivity contribution in [2.45, 2.75) is 13.5 Å². The Balaban J connectivity index is 1.72. The van der Waals surface area contributed by atoms with Crippen molar-refractivity contribution in [2.24, 2.45) is 0 Å². The molecule has 0 spiro atoms. The van der Waals surface area contributed by atoms with Crippen LogP contribution in [0.25, 0.3) is 16.9 Å². The quantitative estimate of drug-likeness (QED) is 0.509. The smallest absolute Gasteiger partial charge is 0.253 e. The SMILES string of the molecule is COc1ccc(-c2cc(C(=O)NCc3ccncc3)c(C)n2-c2ccccc2)cc1. The molecule has 0 saturated heterocycles. The van der Waals surface area contributed by atoms with Gasteiger partial charge in [0.1, 0.15) is 5.75 Å². The summed E-state index contributed by atoms with van der Waals surface area (Å²) in [6, 6.07) is 23.7. The van der Waals surface area contributed by atoms with Crippen LogP contribution in [0.2, 0.25) is 0 Å². The van der Waals surface area contributed by atoms with Crippen LogP contribution in [0.4, 0.5) is 0 Å². The van der Waals surface area contributed by atoms with E-state index < -0.39 is 0 Å². The number of pyridine rings is 1. The molecule has 5 nitrogen and oxygen atoms in total. The minimum Gasteiger partial charge on any atom is -0.497 e. The lowest BCUT2D eigenvalue weighted by molar-refractivity contribution is 0.0950. The molecule has 1 amide bonds. The molecule has 0 aliphatic rings. The van der Waals surface area contributed by atoms with Gasteiger partial charge in [-0.1, -0.05) is 18.2 Å². The van der Waals surface area contributed by atoms with Crippen LogP contribution in [-0.4, -0.2) is 22.6 Å². The third kappa shape index (κ3) is 3.96. The molecule has 2 aromatic carbocycles. The van der Waals surface area contributed by atoms with E-state index in [1.807, 2.05) is 79.7 Å². The first-order chi connectivity index (χ1) is 14.7. The highest BCUT2D eigenvalue weighted by Gasteiger charge is 2.19. The number of para-hydroxylation sites is 1. The van der Waals surface area contributed by atoms with Gasteiger partial charge in [0.15, 0.2) is 0 Å². The van der Waals surface area contributed by atoms with Crippen molar-refractivity contribution in [2.75, 3.05) is 7.11 Å². The van der Waals surface area contributed by atoms with Gasteiger partial charge in [-0.25, -0.2) is 0 Å². The van der Waals surface area contributed by atoms with Gasteiger partial charge >= 0.3 is 0 Å². The van der Waals surface area contributed by atoms with E-state index in [1.165, 1.54) is 0 Å². The molecule has 0 fully saturated rings. The highest BCUT2D eigenvalue weighted by molar-refractivity contribution is 5.97. The van der Waals surface area contributed by atoms with Crippen molar-refractivity contribution in [1.82, 2.24) is 14.9 Å². The molecular formula is C25H23N3O2. The van der Waals surface area contributed by atoms with Crippen LogP contribution in [0, 0.1) is 6.92 Å². The fraction of sp³-hybridized carbons (Fsp3) is 0.120. The minimum atomic E-state index is -0.103. The molecule has 4 rings (SSSR count). The van der Waals surface area contributed by atoms with Crippen LogP contribution in [0.1, 0.15) is 21.6 Å². The zero-order valence-corrected chi connectivity index (χ0v) is 17.0. The topological polar surface area (TPSA) is 56.1 Å². The van der Waals surface area contributed by atoms with Gasteiger partial charge in [0.05, 0.1) is 18.4 Å². The van der Waals surface area contributed by atoms with E-state index in [-0.39, 0.29) is 5.91 Å². The average Bonchev–Trinajstić information content (AvgIpc) is 3.16. The Morgan fingerprint density at radius 3 is 2.37 bits per heavy atom. The van der Waals surface area contributed by atoms with Crippen molar-refractivity contribution < 1.29 is 9.53 Å². The number of amides is 1. The summed E-state index contributed by atoms with van der Waals surface area (Å²) in [5.41, 5.74) is 5.52. The molecule has 0 saturated carbocycles. The number of nitrogens with zero attached hydrogens (tertiary/aromatic N) is 2. The monoisotopic (exact) mass is 397 g/mol. The molecule has 30 heavy (non-hydrogen) atoms. The van der Waals surface area contributed by atoms with Gasteiger partial charge in [-0.15, -0.1) is 0 Å². The van der Waals surface area contributed by atoms with Gasteiger partial charge < -0.3 is 14.6 Å². The van der Waals surface area contributed by atoms with Crippen molar-refractivity contribution in [3.8, 4) is 22.7 Å². The Bertz CT molecular complexity index is 1130. The largest absolute Gasteiger partial charge is 0.497 e. The molecule has 0 bridgehead atoms. The summed E-state index contributed by atoms with van der Waals surface area (Å²) in [5.74, 6) is 0.692. The molecule has 0 radical (unpaired) electrons. The Morgan fingerprint density at radius 2 is 1.70 bits per heavy atom. The van der Waals surface area contributed by atoms with E-state index in [4.69, 9.17) is 4.74 Å². The van der Waals surface area contributed by atoms with Crippen LogP contribution in [-0.2, 0) is 6.54 Å². The molecule has 2 aromatic heterocycles. The Morgan fingerprint density at radius 1 is 1.00 bits per heavy atom. The Kier molecular flexibility index (Phi) is 5.61. The first kappa shape index (κ1) is 19.5. The lowest BCUT2D eigenvalue weighted by Gasteiger charge is -2.13. The number of methoxy groups -OCH3 is 1. The third-order valence-corrected chi connectivity index (χ3v) is 5.09. The lowest BCUT2D eigenvalue weighted by Crippen LogP contribution is -2.23. The van der Waals surface area contributed by atoms with Gasteiger partial charge in [0, 0.05) is 30.3 Å². The van der Waals surface area contributed by atoms with Crippen LogP contribution in [0.5, 0.6) is 5.75 Å². The van der Waals surface area contributed by atoms with E-state index in [0.29, 0.717) is 12.1 Å². The third-order valence-electron chi connectivity index (χ3n) is 5.09. The molecule has 0 unspecified atom stereocenters. The van der Waals surface area contributed by atoms with Crippen LogP contribution in [0.3, 0.4) is 0 Å². The predicted molar refractivity (Wildman–Crippen MR) is 118 cm³/mol. The van der Waals surface area contributed by atoms with Crippen molar-refractivity contribution in [1.29, 1.82) is 0 Å². The number of aromatic nitrogens is 2. The lowest BCUT2D eigenvalue weighted by atomic mass is 10.1. The summed E-state index contributed by atoms with van der Waals surface area (Å²) in [5, 5.41) is 3.02. The number of nitrogens with one attached hydrogen (secondary N) is 1. The Hall–Kier alpha value is -3.86. The predicted octanol–water partition coefficient (Wildman–Crippen LogP) is 4.79. The summed E-state index contributed by atoms with van der Waals surface area (Å²) in [6.07, 6.45) is 3.45. The number of ether oxygens (including phenoxy) is 1. The van der Waals surface area contributed by atoms with Crippen molar-refractivity contribution in [3.63, 3.8) is 0 Å². The maximum Gasteiger partial charge on any atom is 0.253 e. The van der Waals surface area contributed by atoms with E-state index in [0.717, 1.165) is 34.0 Å². The molecule has 0 atom stereocenters. The fourth-order valence-electron chi connectivity index (χ4n) is 3.50. The van der Waals surface area contributed by atoms with Crippen molar-refractivity contribution in [3.05, 3.63) is 102 Å². The molecule has 2 heterocycles. The van der Waals surface area contributed by atoms with E-state index in [2.05, 4.69) is 14.9 Å². The number of rotatable bonds is 6. The minimum absolute atomic E-state index is 0.103. The summed E-state index contributed by atoms with van der Waals surface area (Å²) < 4.78 is 7.40.